The van der Waals surface area contributed by atoms with E-state index < -0.39 is 83.6 Å². The number of aryl methyl sites for hydroxylation is 1. The van der Waals surface area contributed by atoms with Gasteiger partial charge in [-0.1, -0.05) is 35.5 Å². The number of aromatic amines is 1. The lowest BCUT2D eigenvalue weighted by Gasteiger charge is -2.31. The van der Waals surface area contributed by atoms with E-state index in [1.807, 2.05) is 24.3 Å². The second-order valence-corrected chi connectivity index (χ2v) is 16.9. The molecular weight excluding hydrogens is 825 g/mol. The number of primary amides is 1. The monoisotopic (exact) mass is 880 g/mol. The van der Waals surface area contributed by atoms with Crippen molar-refractivity contribution >= 4 is 52.3 Å². The van der Waals surface area contributed by atoms with Gasteiger partial charge in [0.05, 0.1) is 11.7 Å². The van der Waals surface area contributed by atoms with E-state index in [0.717, 1.165) is 16.5 Å². The number of para-hydroxylation sites is 1. The fourth-order valence-electron chi connectivity index (χ4n) is 8.81. The molecule has 20 heteroatoms. The number of aromatic hydroxyl groups is 1. The van der Waals surface area contributed by atoms with E-state index >= 15 is 0 Å². The molecule has 4 aromatic rings. The number of benzene rings is 2. The van der Waals surface area contributed by atoms with Crippen LogP contribution in [0, 0.1) is 0 Å². The number of rotatable bonds is 5. The first-order valence-corrected chi connectivity index (χ1v) is 21.8. The van der Waals surface area contributed by atoms with Crippen LogP contribution in [-0.2, 0) is 59.4 Å². The number of phenols is 1. The summed E-state index contributed by atoms with van der Waals surface area (Å²) < 4.78 is 1.58. The Hall–Kier alpha value is -6.83. The van der Waals surface area contributed by atoms with Gasteiger partial charge in [0, 0.05) is 62.2 Å². The minimum Gasteiger partial charge on any atom is -0.508 e. The number of fused-ring (bicyclic) bond motifs is 5. The summed E-state index contributed by atoms with van der Waals surface area (Å²) in [5, 5.41) is 30.2. The fraction of sp³-hybridized carbons (Fsp3) is 0.477. The van der Waals surface area contributed by atoms with Gasteiger partial charge in [-0.3, -0.25) is 38.2 Å². The van der Waals surface area contributed by atoms with Gasteiger partial charge in [-0.25, -0.2) is 0 Å². The summed E-state index contributed by atoms with van der Waals surface area (Å²) in [6, 6.07) is 6.20. The highest BCUT2D eigenvalue weighted by Crippen LogP contribution is 2.24. The van der Waals surface area contributed by atoms with E-state index in [2.05, 4.69) is 36.6 Å². The highest BCUT2D eigenvalue weighted by molar-refractivity contribution is 5.98. The number of aromatic nitrogens is 4. The Labute approximate surface area is 369 Å². The Bertz CT molecular complexity index is 2360. The molecule has 2 aromatic heterocycles. The summed E-state index contributed by atoms with van der Waals surface area (Å²) in [4.78, 5) is 103. The number of carbonyl (C=O) groups is 7. The lowest BCUT2D eigenvalue weighted by molar-refractivity contribution is -0.144. The van der Waals surface area contributed by atoms with Gasteiger partial charge in [-0.05, 0) is 81.2 Å². The van der Waals surface area contributed by atoms with Crippen LogP contribution in [0.15, 0.2) is 60.9 Å². The van der Waals surface area contributed by atoms with Crippen LogP contribution in [0.4, 0.5) is 0 Å². The van der Waals surface area contributed by atoms with Gasteiger partial charge >= 0.3 is 0 Å². The van der Waals surface area contributed by atoms with Crippen molar-refractivity contribution in [2.45, 2.75) is 120 Å². The molecule has 3 aliphatic rings. The van der Waals surface area contributed by atoms with E-state index in [9.17, 15) is 38.7 Å². The first-order chi connectivity index (χ1) is 30.7. The highest BCUT2D eigenvalue weighted by atomic mass is 16.3. The molecular formula is C44H56N12O8. The Kier molecular flexibility index (Phi) is 14.2. The van der Waals surface area contributed by atoms with Gasteiger partial charge in [-0.2, -0.15) is 0 Å². The molecule has 2 saturated heterocycles. The number of amides is 7. The molecule has 2 fully saturated rings. The predicted octanol–water partition coefficient (Wildman–Crippen LogP) is -0.569. The molecule has 20 nitrogen and oxygen atoms in total. The van der Waals surface area contributed by atoms with Gasteiger partial charge in [0.25, 0.3) is 0 Å². The number of carbonyl (C=O) groups excluding carboxylic acids is 7. The van der Waals surface area contributed by atoms with Crippen LogP contribution < -0.4 is 32.7 Å². The van der Waals surface area contributed by atoms with Crippen LogP contribution in [-0.4, -0.2) is 132 Å². The number of hydrogen-bond acceptors (Lipinski definition) is 11. The number of phenolic OH excluding ortho intramolecular Hbond substituents is 1. The average molecular weight is 881 g/mol. The van der Waals surface area contributed by atoms with E-state index in [0.29, 0.717) is 56.3 Å². The number of hydrogen-bond donors (Lipinski definition) is 8. The Balaban J connectivity index is 1.15. The molecule has 5 heterocycles. The van der Waals surface area contributed by atoms with Crippen molar-refractivity contribution < 1.29 is 38.7 Å². The molecule has 340 valence electrons. The molecule has 0 radical (unpaired) electrons. The molecule has 7 atom stereocenters. The minimum absolute atomic E-state index is 0.00485. The Morgan fingerprint density at radius 2 is 1.42 bits per heavy atom. The first kappa shape index (κ1) is 45.2. The maximum absolute atomic E-state index is 14.5. The number of H-pyrrole nitrogens is 1. The van der Waals surface area contributed by atoms with Crippen LogP contribution >= 0.6 is 0 Å². The minimum atomic E-state index is -1.19. The number of nitrogens with two attached hydrogens (primary N) is 2. The molecule has 2 bridgehead atoms. The van der Waals surface area contributed by atoms with Crippen molar-refractivity contribution in [2.75, 3.05) is 13.1 Å². The molecule has 7 amide bonds. The van der Waals surface area contributed by atoms with Gasteiger partial charge < -0.3 is 52.6 Å². The quantitative estimate of drug-likeness (QED) is 0.126. The molecule has 0 aliphatic carbocycles. The third kappa shape index (κ3) is 10.7. The third-order valence-electron chi connectivity index (χ3n) is 12.3. The molecule has 0 unspecified atom stereocenters. The molecule has 7 rings (SSSR count). The molecule has 0 spiro atoms. The molecule has 0 saturated carbocycles. The maximum atomic E-state index is 14.5. The molecule has 10 N–H and O–H groups in total. The van der Waals surface area contributed by atoms with Crippen LogP contribution in [0.2, 0.25) is 0 Å². The predicted molar refractivity (Wildman–Crippen MR) is 231 cm³/mol. The lowest BCUT2D eigenvalue weighted by atomic mass is 10.0. The standard InChI is InChI=1S/C44H56N12O8/c1-25-43(63)55-18-6-12-37(55)42(62)50-34(20-26-13-15-29(57)16-14-26)40(60)49-33(38(46)58)10-4-5-17-54-24-28(52-53-54)22-31(45)39(59)51-35(21-27-23-47-32-9-3-2-8-30(27)32)44(64)56-19-7-11-36(56)41(61)48-25/h2-3,8-9,13-16,23-25,31,33-37,47,57H,4-7,10-12,17-22,45H2,1H3,(H2,46,58)(H,48,61)(H,49,60)(H,50,62)(H,51,59)/t25-,31-,33-,34-,35-,36-,37-/m0/s1. The van der Waals surface area contributed by atoms with Crippen molar-refractivity contribution in [1.29, 1.82) is 0 Å². The summed E-state index contributed by atoms with van der Waals surface area (Å²) in [5.74, 6) is -4.18. The van der Waals surface area contributed by atoms with Crippen LogP contribution in [0.1, 0.15) is 68.7 Å². The van der Waals surface area contributed by atoms with Gasteiger partial charge in [0.1, 0.15) is 42.0 Å². The van der Waals surface area contributed by atoms with Crippen LogP contribution in [0.25, 0.3) is 10.9 Å². The second kappa shape index (κ2) is 20.1. The summed E-state index contributed by atoms with van der Waals surface area (Å²) in [6.07, 6.45) is 6.27. The highest BCUT2D eigenvalue weighted by Gasteiger charge is 2.42. The van der Waals surface area contributed by atoms with Crippen LogP contribution in [0.3, 0.4) is 0 Å². The summed E-state index contributed by atoms with van der Waals surface area (Å²) in [6.45, 7) is 2.35. The third-order valence-corrected chi connectivity index (χ3v) is 12.3. The van der Waals surface area contributed by atoms with Crippen molar-refractivity contribution in [3.8, 4) is 5.75 Å². The van der Waals surface area contributed by atoms with E-state index in [1.54, 1.807) is 29.2 Å². The van der Waals surface area contributed by atoms with E-state index in [4.69, 9.17) is 11.5 Å². The topological polar surface area (TPSA) is 293 Å². The molecule has 2 aromatic carbocycles. The first-order valence-electron chi connectivity index (χ1n) is 21.8. The number of nitrogens with zero attached hydrogens (tertiary/aromatic N) is 5. The van der Waals surface area contributed by atoms with Gasteiger partial charge in [-0.15, -0.1) is 5.10 Å². The fourth-order valence-corrected chi connectivity index (χ4v) is 8.81. The van der Waals surface area contributed by atoms with Crippen molar-refractivity contribution in [2.24, 2.45) is 11.5 Å². The SMILES string of the molecule is C[C@@H]1NC(=O)[C@@H]2CCCN2C(=O)[C@H](Cc2c[nH]c3ccccc23)NC(=O)[C@@H](N)Cc2cn(nn2)CCCC[C@@H](C(N)=O)NC(=O)[C@H](Cc2ccc(O)cc2)NC(=O)[C@@H]2CCCN2C1=O. The summed E-state index contributed by atoms with van der Waals surface area (Å²) in [7, 11) is 0. The van der Waals surface area contributed by atoms with Crippen molar-refractivity contribution in [1.82, 2.24) is 51.0 Å². The van der Waals surface area contributed by atoms with Gasteiger partial charge in [0.2, 0.25) is 41.4 Å². The summed E-state index contributed by atoms with van der Waals surface area (Å²) >= 11 is 0. The zero-order valence-electron chi connectivity index (χ0n) is 35.7. The molecule has 64 heavy (non-hydrogen) atoms. The largest absolute Gasteiger partial charge is 0.508 e. The zero-order valence-corrected chi connectivity index (χ0v) is 35.7. The van der Waals surface area contributed by atoms with E-state index in [1.165, 1.54) is 28.9 Å². The molecule has 3 aliphatic heterocycles. The summed E-state index contributed by atoms with van der Waals surface area (Å²) in [5.41, 5.74) is 14.8. The van der Waals surface area contributed by atoms with Crippen LogP contribution in [0.5, 0.6) is 5.75 Å². The Morgan fingerprint density at radius 3 is 2.14 bits per heavy atom. The van der Waals surface area contributed by atoms with Gasteiger partial charge in [0.15, 0.2) is 0 Å². The maximum Gasteiger partial charge on any atom is 0.246 e. The average Bonchev–Trinajstić information content (AvgIpc) is 4.12. The van der Waals surface area contributed by atoms with E-state index in [-0.39, 0.29) is 44.5 Å². The van der Waals surface area contributed by atoms with Crippen molar-refractivity contribution in [3.05, 3.63) is 77.7 Å². The van der Waals surface area contributed by atoms with Crippen molar-refractivity contribution in [3.63, 3.8) is 0 Å². The number of nitrogens with one attached hydrogen (secondary N) is 5. The second-order valence-electron chi connectivity index (χ2n) is 16.9. The lowest BCUT2D eigenvalue weighted by Crippen LogP contribution is -2.59. The normalized spacial score (nSPS) is 26.1. The zero-order chi connectivity index (χ0) is 45.5. The Morgan fingerprint density at radius 1 is 0.750 bits per heavy atom. The smallest absolute Gasteiger partial charge is 0.246 e.